The first-order valence-electron chi connectivity index (χ1n) is 7.95. The molecule has 25 heavy (non-hydrogen) atoms. The molecule has 6 nitrogen and oxygen atoms in total. The van der Waals surface area contributed by atoms with E-state index in [0.717, 1.165) is 5.56 Å². The number of amides is 2. The quantitative estimate of drug-likeness (QED) is 0.722. The molecule has 132 valence electrons. The first-order chi connectivity index (χ1) is 12.1. The van der Waals surface area contributed by atoms with Crippen LogP contribution in [0.3, 0.4) is 0 Å². The summed E-state index contributed by atoms with van der Waals surface area (Å²) in [5.74, 6) is 0.129. The maximum absolute atomic E-state index is 12.0. The van der Waals surface area contributed by atoms with Gasteiger partial charge in [-0.1, -0.05) is 18.2 Å². The standard InChI is InChI=1S/C19H22N2O4/c1-14-5-3-8-17(11-14)25-13-18(22)21-16-7-4-6-15(12-16)19(23)20-9-10-24-2/h3-8,11-12H,9-10,13H2,1-2H3,(H,20,23)(H,21,22). The highest BCUT2D eigenvalue weighted by molar-refractivity contribution is 5.97. The monoisotopic (exact) mass is 342 g/mol. The van der Waals surface area contributed by atoms with Crippen LogP contribution in [0.4, 0.5) is 5.69 Å². The molecule has 2 amide bonds. The first-order valence-corrected chi connectivity index (χ1v) is 7.95. The Kier molecular flexibility index (Phi) is 6.98. The SMILES string of the molecule is COCCNC(=O)c1cccc(NC(=O)COc2cccc(C)c2)c1. The highest BCUT2D eigenvalue weighted by Gasteiger charge is 2.08. The number of rotatable bonds is 8. The van der Waals surface area contributed by atoms with Crippen molar-refractivity contribution in [1.29, 1.82) is 0 Å². The number of carbonyl (C=O) groups is 2. The van der Waals surface area contributed by atoms with Gasteiger partial charge in [0.05, 0.1) is 6.61 Å². The van der Waals surface area contributed by atoms with Crippen LogP contribution in [0, 0.1) is 6.92 Å². The Bertz CT molecular complexity index is 731. The van der Waals surface area contributed by atoms with Crippen molar-refractivity contribution in [2.75, 3.05) is 32.2 Å². The molecule has 2 aromatic carbocycles. The van der Waals surface area contributed by atoms with Crippen molar-refractivity contribution in [2.24, 2.45) is 0 Å². The van der Waals surface area contributed by atoms with Gasteiger partial charge in [-0.15, -0.1) is 0 Å². The van der Waals surface area contributed by atoms with Crippen LogP contribution >= 0.6 is 0 Å². The van der Waals surface area contributed by atoms with Crippen LogP contribution in [-0.2, 0) is 9.53 Å². The van der Waals surface area contributed by atoms with E-state index in [-0.39, 0.29) is 18.4 Å². The molecule has 0 unspecified atom stereocenters. The molecule has 2 rings (SSSR count). The third-order valence-corrected chi connectivity index (χ3v) is 3.36. The van der Waals surface area contributed by atoms with E-state index in [4.69, 9.17) is 9.47 Å². The molecule has 0 bridgehead atoms. The second kappa shape index (κ2) is 9.44. The van der Waals surface area contributed by atoms with Crippen LogP contribution in [0.25, 0.3) is 0 Å². The fourth-order valence-corrected chi connectivity index (χ4v) is 2.16. The summed E-state index contributed by atoms with van der Waals surface area (Å²) < 4.78 is 10.3. The van der Waals surface area contributed by atoms with Crippen LogP contribution in [-0.4, -0.2) is 38.7 Å². The Morgan fingerprint density at radius 2 is 1.88 bits per heavy atom. The van der Waals surface area contributed by atoms with E-state index in [1.165, 1.54) is 0 Å². The first kappa shape index (κ1) is 18.5. The van der Waals surface area contributed by atoms with Gasteiger partial charge in [0.2, 0.25) is 0 Å². The highest BCUT2D eigenvalue weighted by Crippen LogP contribution is 2.13. The normalized spacial score (nSPS) is 10.2. The molecule has 6 heteroatoms. The van der Waals surface area contributed by atoms with Crippen molar-refractivity contribution in [1.82, 2.24) is 5.32 Å². The van der Waals surface area contributed by atoms with E-state index in [9.17, 15) is 9.59 Å². The predicted octanol–water partition coefficient (Wildman–Crippen LogP) is 2.39. The van der Waals surface area contributed by atoms with Gasteiger partial charge < -0.3 is 20.1 Å². The van der Waals surface area contributed by atoms with Gasteiger partial charge in [0, 0.05) is 24.9 Å². The molecular weight excluding hydrogens is 320 g/mol. The highest BCUT2D eigenvalue weighted by atomic mass is 16.5. The average molecular weight is 342 g/mol. The van der Waals surface area contributed by atoms with E-state index in [1.807, 2.05) is 25.1 Å². The Morgan fingerprint density at radius 3 is 2.64 bits per heavy atom. The van der Waals surface area contributed by atoms with Crippen molar-refractivity contribution in [2.45, 2.75) is 6.92 Å². The predicted molar refractivity (Wildman–Crippen MR) is 96.0 cm³/mol. The fourth-order valence-electron chi connectivity index (χ4n) is 2.16. The van der Waals surface area contributed by atoms with Gasteiger partial charge in [0.15, 0.2) is 6.61 Å². The lowest BCUT2D eigenvalue weighted by Gasteiger charge is -2.09. The minimum atomic E-state index is -0.293. The van der Waals surface area contributed by atoms with Crippen LogP contribution < -0.4 is 15.4 Å². The largest absolute Gasteiger partial charge is 0.484 e. The van der Waals surface area contributed by atoms with Crippen molar-refractivity contribution in [3.8, 4) is 5.75 Å². The molecule has 2 aromatic rings. The lowest BCUT2D eigenvalue weighted by molar-refractivity contribution is -0.118. The number of nitrogens with one attached hydrogen (secondary N) is 2. The molecule has 0 spiro atoms. The van der Waals surface area contributed by atoms with Crippen molar-refractivity contribution in [3.63, 3.8) is 0 Å². The van der Waals surface area contributed by atoms with Gasteiger partial charge >= 0.3 is 0 Å². The third kappa shape index (κ3) is 6.27. The Labute approximate surface area is 147 Å². The topological polar surface area (TPSA) is 76.7 Å². The summed E-state index contributed by atoms with van der Waals surface area (Å²) >= 11 is 0. The van der Waals surface area contributed by atoms with E-state index in [1.54, 1.807) is 37.4 Å². The smallest absolute Gasteiger partial charge is 0.262 e. The molecule has 0 aliphatic carbocycles. The van der Waals surface area contributed by atoms with Crippen LogP contribution in [0.1, 0.15) is 15.9 Å². The summed E-state index contributed by atoms with van der Waals surface area (Å²) in [6.07, 6.45) is 0. The molecule has 0 atom stereocenters. The van der Waals surface area contributed by atoms with Gasteiger partial charge in [0.25, 0.3) is 11.8 Å². The number of ether oxygens (including phenoxy) is 2. The third-order valence-electron chi connectivity index (χ3n) is 3.36. The van der Waals surface area contributed by atoms with E-state index < -0.39 is 0 Å². The lowest BCUT2D eigenvalue weighted by atomic mass is 10.2. The fraction of sp³-hybridized carbons (Fsp3) is 0.263. The van der Waals surface area contributed by atoms with Crippen LogP contribution in [0.5, 0.6) is 5.75 Å². The van der Waals surface area contributed by atoms with E-state index >= 15 is 0 Å². The summed E-state index contributed by atoms with van der Waals surface area (Å²) in [6.45, 7) is 2.72. The minimum Gasteiger partial charge on any atom is -0.484 e. The Balaban J connectivity index is 1.88. The number of anilines is 1. The van der Waals surface area contributed by atoms with Gasteiger partial charge in [-0.25, -0.2) is 0 Å². The molecule has 0 aliphatic heterocycles. The summed E-state index contributed by atoms with van der Waals surface area (Å²) in [5, 5.41) is 5.45. The summed E-state index contributed by atoms with van der Waals surface area (Å²) in [6, 6.07) is 14.2. The maximum Gasteiger partial charge on any atom is 0.262 e. The molecule has 2 N–H and O–H groups in total. The zero-order chi connectivity index (χ0) is 18.1. The molecular formula is C19H22N2O4. The second-order valence-corrected chi connectivity index (χ2v) is 5.48. The number of hydrogen-bond acceptors (Lipinski definition) is 4. The number of benzene rings is 2. The molecule has 0 fully saturated rings. The maximum atomic E-state index is 12.0. The number of methoxy groups -OCH3 is 1. The van der Waals surface area contributed by atoms with Gasteiger partial charge in [-0.2, -0.15) is 0 Å². The van der Waals surface area contributed by atoms with Crippen molar-refractivity contribution in [3.05, 3.63) is 59.7 Å². The molecule has 0 aliphatic rings. The van der Waals surface area contributed by atoms with Crippen molar-refractivity contribution >= 4 is 17.5 Å². The number of aryl methyl sites for hydroxylation is 1. The minimum absolute atomic E-state index is 0.103. The number of carbonyl (C=O) groups excluding carboxylic acids is 2. The molecule has 0 heterocycles. The molecule has 0 aromatic heterocycles. The summed E-state index contributed by atoms with van der Waals surface area (Å²) in [4.78, 5) is 24.0. The Morgan fingerprint density at radius 1 is 1.08 bits per heavy atom. The van der Waals surface area contributed by atoms with Crippen LogP contribution in [0.15, 0.2) is 48.5 Å². The zero-order valence-corrected chi connectivity index (χ0v) is 14.4. The Hall–Kier alpha value is -2.86. The average Bonchev–Trinajstić information content (AvgIpc) is 2.60. The summed E-state index contributed by atoms with van der Waals surface area (Å²) in [5.41, 5.74) is 2.07. The van der Waals surface area contributed by atoms with Crippen LogP contribution in [0.2, 0.25) is 0 Å². The number of hydrogen-bond donors (Lipinski definition) is 2. The van der Waals surface area contributed by atoms with Crippen molar-refractivity contribution < 1.29 is 19.1 Å². The second-order valence-electron chi connectivity index (χ2n) is 5.48. The molecule has 0 saturated heterocycles. The molecule has 0 saturated carbocycles. The van der Waals surface area contributed by atoms with Gasteiger partial charge in [-0.05, 0) is 42.8 Å². The van der Waals surface area contributed by atoms with Gasteiger partial charge in [-0.3, -0.25) is 9.59 Å². The zero-order valence-electron chi connectivity index (χ0n) is 14.4. The molecule has 0 radical (unpaired) electrons. The van der Waals surface area contributed by atoms with E-state index in [0.29, 0.717) is 30.2 Å². The lowest BCUT2D eigenvalue weighted by Crippen LogP contribution is -2.27. The summed E-state index contributed by atoms with van der Waals surface area (Å²) in [7, 11) is 1.57. The van der Waals surface area contributed by atoms with Gasteiger partial charge in [0.1, 0.15) is 5.75 Å². The van der Waals surface area contributed by atoms with E-state index in [2.05, 4.69) is 10.6 Å².